The first kappa shape index (κ1) is 33.2. The van der Waals surface area contributed by atoms with Gasteiger partial charge in [-0.1, -0.05) is 66.5 Å². The highest BCUT2D eigenvalue weighted by Gasteiger charge is 2.36. The van der Waals surface area contributed by atoms with Crippen molar-refractivity contribution in [2.45, 2.75) is 56.9 Å². The Morgan fingerprint density at radius 3 is 2.14 bits per heavy atom. The van der Waals surface area contributed by atoms with Crippen LogP contribution in [-0.2, 0) is 32.3 Å². The smallest absolute Gasteiger partial charge is 0.352 e. The van der Waals surface area contributed by atoms with Gasteiger partial charge >= 0.3 is 6.18 Å². The fourth-order valence-corrected chi connectivity index (χ4v) is 5.88. The lowest BCUT2D eigenvalue weighted by molar-refractivity contribution is -0.139. The zero-order valence-corrected chi connectivity index (χ0v) is 25.4. The minimum Gasteiger partial charge on any atom is -0.352 e. The third-order valence-corrected chi connectivity index (χ3v) is 9.08. The molecule has 42 heavy (non-hydrogen) atoms. The van der Waals surface area contributed by atoms with E-state index in [0.29, 0.717) is 33.4 Å². The number of anilines is 1. The molecule has 0 spiro atoms. The van der Waals surface area contributed by atoms with Gasteiger partial charge in [-0.25, -0.2) is 8.42 Å². The summed E-state index contributed by atoms with van der Waals surface area (Å²) < 4.78 is 69.1. The Morgan fingerprint density at radius 2 is 1.55 bits per heavy atom. The Labute approximate surface area is 253 Å². The molecule has 3 aromatic rings. The molecular weight excluding hydrogens is 614 g/mol. The molecule has 0 aliphatic carbocycles. The van der Waals surface area contributed by atoms with E-state index in [0.717, 1.165) is 11.0 Å². The van der Waals surface area contributed by atoms with Crippen LogP contribution in [0.1, 0.15) is 38.3 Å². The van der Waals surface area contributed by atoms with Crippen LogP contribution in [0.3, 0.4) is 0 Å². The molecule has 0 aromatic heterocycles. The van der Waals surface area contributed by atoms with E-state index in [9.17, 15) is 31.2 Å². The van der Waals surface area contributed by atoms with Gasteiger partial charge in [0.2, 0.25) is 11.8 Å². The Bertz CT molecular complexity index is 1520. The second-order valence-electron chi connectivity index (χ2n) is 9.60. The monoisotopic (exact) mass is 643 g/mol. The van der Waals surface area contributed by atoms with Gasteiger partial charge < -0.3 is 10.2 Å². The number of hydrogen-bond donors (Lipinski definition) is 1. The number of sulfonamides is 1. The summed E-state index contributed by atoms with van der Waals surface area (Å²) in [5.74, 6) is -1.37. The average molecular weight is 645 g/mol. The number of nitrogens with zero attached hydrogens (tertiary/aromatic N) is 2. The lowest BCUT2D eigenvalue weighted by Crippen LogP contribution is -2.52. The summed E-state index contributed by atoms with van der Waals surface area (Å²) in [6.07, 6.45) is -4.20. The molecular formula is C29H30Cl2F3N3O4S. The van der Waals surface area contributed by atoms with Crippen molar-refractivity contribution >= 4 is 50.7 Å². The molecule has 2 unspecified atom stereocenters. The fourth-order valence-electron chi connectivity index (χ4n) is 3.97. The van der Waals surface area contributed by atoms with Gasteiger partial charge in [-0.3, -0.25) is 13.9 Å². The molecule has 0 radical (unpaired) electrons. The molecule has 7 nitrogen and oxygen atoms in total. The molecule has 0 aliphatic rings. The van der Waals surface area contributed by atoms with Crippen LogP contribution in [0.25, 0.3) is 0 Å². The molecule has 2 atom stereocenters. The highest BCUT2D eigenvalue weighted by atomic mass is 35.5. The van der Waals surface area contributed by atoms with Gasteiger partial charge in [0.1, 0.15) is 12.6 Å². The lowest BCUT2D eigenvalue weighted by Gasteiger charge is -2.33. The molecule has 2 amide bonds. The molecule has 0 heterocycles. The number of alkyl halides is 3. The van der Waals surface area contributed by atoms with E-state index in [1.165, 1.54) is 31.2 Å². The minimum atomic E-state index is -4.82. The molecule has 0 saturated carbocycles. The van der Waals surface area contributed by atoms with Crippen molar-refractivity contribution in [3.05, 3.63) is 94.0 Å². The van der Waals surface area contributed by atoms with Crippen molar-refractivity contribution in [1.82, 2.24) is 10.2 Å². The molecule has 3 aromatic carbocycles. The van der Waals surface area contributed by atoms with Gasteiger partial charge in [0, 0.05) is 17.6 Å². The Balaban J connectivity index is 2.13. The first-order chi connectivity index (χ1) is 19.7. The van der Waals surface area contributed by atoms with E-state index in [4.69, 9.17) is 23.2 Å². The molecule has 0 aliphatic heterocycles. The van der Waals surface area contributed by atoms with E-state index in [1.807, 2.05) is 6.92 Å². The summed E-state index contributed by atoms with van der Waals surface area (Å²) in [6.45, 7) is 3.99. The van der Waals surface area contributed by atoms with E-state index < -0.39 is 51.9 Å². The summed E-state index contributed by atoms with van der Waals surface area (Å²) >= 11 is 12.6. The average Bonchev–Trinajstić information content (AvgIpc) is 2.95. The summed E-state index contributed by atoms with van der Waals surface area (Å²) in [5, 5.41) is 2.78. The van der Waals surface area contributed by atoms with Crippen molar-refractivity contribution in [2.24, 2.45) is 0 Å². The zero-order valence-electron chi connectivity index (χ0n) is 23.0. The quantitative estimate of drug-likeness (QED) is 0.257. The molecule has 0 bridgehead atoms. The Hall–Kier alpha value is -3.28. The molecule has 1 N–H and O–H groups in total. The number of carbonyl (C=O) groups is 2. The van der Waals surface area contributed by atoms with Crippen LogP contribution >= 0.6 is 23.2 Å². The fraction of sp³-hybridized carbons (Fsp3) is 0.310. The Kier molecular flexibility index (Phi) is 10.9. The van der Waals surface area contributed by atoms with E-state index in [1.54, 1.807) is 37.3 Å². The molecule has 13 heteroatoms. The summed E-state index contributed by atoms with van der Waals surface area (Å²) in [4.78, 5) is 27.9. The van der Waals surface area contributed by atoms with E-state index >= 15 is 0 Å². The number of nitrogens with one attached hydrogen (secondary N) is 1. The van der Waals surface area contributed by atoms with Crippen LogP contribution < -0.4 is 9.62 Å². The van der Waals surface area contributed by atoms with Crippen molar-refractivity contribution < 1.29 is 31.2 Å². The third kappa shape index (κ3) is 7.96. The van der Waals surface area contributed by atoms with Crippen molar-refractivity contribution in [1.29, 1.82) is 0 Å². The van der Waals surface area contributed by atoms with E-state index in [2.05, 4.69) is 5.32 Å². The van der Waals surface area contributed by atoms with Crippen LogP contribution in [-0.4, -0.2) is 43.8 Å². The van der Waals surface area contributed by atoms with Crippen LogP contribution in [0, 0.1) is 0 Å². The molecule has 0 saturated heterocycles. The maximum atomic E-state index is 13.9. The number of rotatable bonds is 11. The van der Waals surface area contributed by atoms with Gasteiger partial charge in [-0.05, 0) is 62.2 Å². The second kappa shape index (κ2) is 13.8. The van der Waals surface area contributed by atoms with Crippen LogP contribution in [0.5, 0.6) is 0 Å². The van der Waals surface area contributed by atoms with Gasteiger partial charge in [0.25, 0.3) is 10.0 Å². The predicted molar refractivity (Wildman–Crippen MR) is 157 cm³/mol. The van der Waals surface area contributed by atoms with E-state index in [-0.39, 0.29) is 22.5 Å². The molecule has 226 valence electrons. The Morgan fingerprint density at radius 1 is 0.929 bits per heavy atom. The normalized spacial score (nSPS) is 13.2. The summed E-state index contributed by atoms with van der Waals surface area (Å²) in [7, 11) is -4.61. The first-order valence-electron chi connectivity index (χ1n) is 12.9. The van der Waals surface area contributed by atoms with Crippen LogP contribution in [0.2, 0.25) is 10.0 Å². The maximum absolute atomic E-state index is 13.9. The number of halogens is 5. The van der Waals surface area contributed by atoms with Crippen LogP contribution in [0.4, 0.5) is 18.9 Å². The lowest BCUT2D eigenvalue weighted by atomic mass is 10.1. The van der Waals surface area contributed by atoms with Gasteiger partial charge in [0.15, 0.2) is 0 Å². The number of amides is 2. The number of carbonyl (C=O) groups excluding carboxylic acids is 2. The zero-order chi connectivity index (χ0) is 31.2. The van der Waals surface area contributed by atoms with Crippen molar-refractivity contribution in [3.63, 3.8) is 0 Å². The standard InChI is InChI=1S/C29H30Cl2F3N3O4S/c1-4-19(2)35-28(39)20(3)36(17-21-10-8-9-13-24(21)30)27(38)18-37(42(40,41)23-11-6-5-7-12-23)26-16-22(29(32,33)34)14-15-25(26)31/h5-16,19-20H,4,17-18H2,1-3H3,(H,35,39). The van der Waals surface area contributed by atoms with Gasteiger partial charge in [-0.2, -0.15) is 13.2 Å². The van der Waals surface area contributed by atoms with Gasteiger partial charge in [-0.15, -0.1) is 0 Å². The van der Waals surface area contributed by atoms with Crippen molar-refractivity contribution in [3.8, 4) is 0 Å². The molecule has 0 fully saturated rings. The largest absolute Gasteiger partial charge is 0.416 e. The first-order valence-corrected chi connectivity index (χ1v) is 15.1. The summed E-state index contributed by atoms with van der Waals surface area (Å²) in [6, 6.07) is 14.4. The number of benzene rings is 3. The number of hydrogen-bond acceptors (Lipinski definition) is 4. The SMILES string of the molecule is CCC(C)NC(=O)C(C)N(Cc1ccccc1Cl)C(=O)CN(c1cc(C(F)(F)F)ccc1Cl)S(=O)(=O)c1ccccc1. The van der Waals surface area contributed by atoms with Gasteiger partial charge in [0.05, 0.1) is 21.2 Å². The molecule has 3 rings (SSSR count). The topological polar surface area (TPSA) is 86.8 Å². The predicted octanol–water partition coefficient (Wildman–Crippen LogP) is 6.54. The maximum Gasteiger partial charge on any atom is 0.416 e. The minimum absolute atomic E-state index is 0.177. The highest BCUT2D eigenvalue weighted by molar-refractivity contribution is 7.92. The third-order valence-electron chi connectivity index (χ3n) is 6.62. The van der Waals surface area contributed by atoms with Crippen molar-refractivity contribution in [2.75, 3.05) is 10.8 Å². The highest BCUT2D eigenvalue weighted by Crippen LogP contribution is 2.37. The second-order valence-corrected chi connectivity index (χ2v) is 12.3. The van der Waals surface area contributed by atoms with Crippen LogP contribution in [0.15, 0.2) is 77.7 Å². The summed E-state index contributed by atoms with van der Waals surface area (Å²) in [5.41, 5.74) is -1.22.